The highest BCUT2D eigenvalue weighted by molar-refractivity contribution is 6.09. The van der Waals surface area contributed by atoms with E-state index in [0.29, 0.717) is 28.2 Å². The molecule has 0 aliphatic heterocycles. The number of pyridine rings is 1. The molecule has 0 amide bonds. The number of aromatic nitrogens is 2. The molecule has 0 atom stereocenters. The van der Waals surface area contributed by atoms with Gasteiger partial charge in [-0.15, -0.1) is 0 Å². The van der Waals surface area contributed by atoms with E-state index in [1.54, 1.807) is 0 Å². The van der Waals surface area contributed by atoms with E-state index in [-0.39, 0.29) is 5.41 Å². The highest BCUT2D eigenvalue weighted by atomic mass is 15.0. The molecule has 8 aromatic rings. The topological polar surface area (TPSA) is 46.0 Å². The maximum atomic E-state index is 10.7. The van der Waals surface area contributed by atoms with Gasteiger partial charge in [-0.3, -0.25) is 4.98 Å². The van der Waals surface area contributed by atoms with E-state index in [2.05, 4.69) is 113 Å². The first-order chi connectivity index (χ1) is 26.2. The monoisotopic (exact) mass is 680 g/mol. The Labute approximate surface area is 310 Å². The van der Waals surface area contributed by atoms with Crippen LogP contribution in [-0.2, 0) is 5.41 Å². The van der Waals surface area contributed by atoms with Gasteiger partial charge in [-0.2, -0.15) is 5.26 Å². The van der Waals surface area contributed by atoms with Crippen LogP contribution in [0.15, 0.2) is 158 Å². The van der Waals surface area contributed by atoms with Crippen LogP contribution in [-0.4, -0.2) is 9.55 Å². The Bertz CT molecular complexity index is 2560. The maximum absolute atomic E-state index is 10.7. The summed E-state index contributed by atoms with van der Waals surface area (Å²) in [5.41, 5.74) is 11.2. The highest BCUT2D eigenvalue weighted by Crippen LogP contribution is 2.48. The predicted molar refractivity (Wildman–Crippen MR) is 216 cm³/mol. The van der Waals surface area contributed by atoms with Crippen LogP contribution in [0.25, 0.3) is 66.0 Å². The van der Waals surface area contributed by atoms with Crippen molar-refractivity contribution in [1.29, 1.82) is 5.26 Å². The van der Waals surface area contributed by atoms with Crippen molar-refractivity contribution in [2.24, 2.45) is 0 Å². The summed E-state index contributed by atoms with van der Waals surface area (Å²) >= 11 is 0. The third-order valence-electron chi connectivity index (χ3n) is 11.2. The van der Waals surface area contributed by atoms with Crippen LogP contribution in [0.2, 0.25) is 0 Å². The molecule has 9 rings (SSSR count). The standard InChI is InChI=1S/C49H36N4/c1-51-48-45(42(33-50)46(35-15-5-2-6-16-35)52-47(48)36-17-7-3-8-18-36)34-23-25-37(26-24-34)49(31-13-4-14-32-49)38-27-29-39(30-28-38)53-43-21-11-9-19-40(43)41-20-10-12-22-44(41)53/h2-3,5-12,15-30H,4,13-14,31-32H2. The van der Waals surface area contributed by atoms with E-state index >= 15 is 0 Å². The van der Waals surface area contributed by atoms with Crippen molar-refractivity contribution in [2.75, 3.05) is 0 Å². The molecule has 2 heterocycles. The van der Waals surface area contributed by atoms with Gasteiger partial charge in [0.05, 0.1) is 34.6 Å². The highest BCUT2D eigenvalue weighted by Gasteiger charge is 2.36. The third-order valence-corrected chi connectivity index (χ3v) is 11.2. The summed E-state index contributed by atoms with van der Waals surface area (Å²) < 4.78 is 2.38. The van der Waals surface area contributed by atoms with Crippen LogP contribution in [0.1, 0.15) is 48.8 Å². The Balaban J connectivity index is 1.16. The van der Waals surface area contributed by atoms with E-state index in [0.717, 1.165) is 35.2 Å². The summed E-state index contributed by atoms with van der Waals surface area (Å²) in [6, 6.07) is 57.3. The van der Waals surface area contributed by atoms with Crippen LogP contribution in [0.5, 0.6) is 0 Å². The predicted octanol–water partition coefficient (Wildman–Crippen LogP) is 12.9. The van der Waals surface area contributed by atoms with Gasteiger partial charge in [0.15, 0.2) is 0 Å². The molecule has 252 valence electrons. The number of nitriles is 1. The molecule has 0 saturated heterocycles. The Kier molecular flexibility index (Phi) is 8.15. The van der Waals surface area contributed by atoms with Gasteiger partial charge in [0.25, 0.3) is 0 Å². The Morgan fingerprint density at radius 3 is 1.62 bits per heavy atom. The molecular formula is C49H36N4. The van der Waals surface area contributed by atoms with Gasteiger partial charge in [-0.25, -0.2) is 4.85 Å². The minimum atomic E-state index is -0.126. The van der Waals surface area contributed by atoms with Crippen LogP contribution in [0.3, 0.4) is 0 Å². The molecule has 4 nitrogen and oxygen atoms in total. The first-order valence-corrected chi connectivity index (χ1v) is 18.4. The summed E-state index contributed by atoms with van der Waals surface area (Å²) in [6.45, 7) is 8.35. The zero-order valence-corrected chi connectivity index (χ0v) is 29.3. The fourth-order valence-corrected chi connectivity index (χ4v) is 8.66. The molecule has 0 N–H and O–H groups in total. The number of hydrogen-bond donors (Lipinski definition) is 0. The van der Waals surface area contributed by atoms with Crippen molar-refractivity contribution in [3.63, 3.8) is 0 Å². The van der Waals surface area contributed by atoms with Crippen LogP contribution >= 0.6 is 0 Å². The van der Waals surface area contributed by atoms with Crippen molar-refractivity contribution in [2.45, 2.75) is 37.5 Å². The van der Waals surface area contributed by atoms with Crippen molar-refractivity contribution in [3.8, 4) is 45.4 Å². The largest absolute Gasteiger partial charge is 0.309 e. The van der Waals surface area contributed by atoms with E-state index in [4.69, 9.17) is 11.6 Å². The molecular weight excluding hydrogens is 645 g/mol. The summed E-state index contributed by atoms with van der Waals surface area (Å²) in [5.74, 6) is 0. The van der Waals surface area contributed by atoms with E-state index in [9.17, 15) is 5.26 Å². The van der Waals surface area contributed by atoms with Crippen LogP contribution in [0.4, 0.5) is 5.69 Å². The van der Waals surface area contributed by atoms with E-state index < -0.39 is 0 Å². The van der Waals surface area contributed by atoms with Gasteiger partial charge in [0.1, 0.15) is 6.07 Å². The lowest BCUT2D eigenvalue weighted by molar-refractivity contribution is 0.346. The molecule has 0 unspecified atom stereocenters. The molecule has 2 aromatic heterocycles. The van der Waals surface area contributed by atoms with Gasteiger partial charge < -0.3 is 4.57 Å². The van der Waals surface area contributed by atoms with Crippen molar-refractivity contribution in [3.05, 3.63) is 186 Å². The molecule has 4 heteroatoms. The second kappa shape index (κ2) is 13.4. The normalized spacial score (nSPS) is 13.8. The Morgan fingerprint density at radius 2 is 1.08 bits per heavy atom. The smallest absolute Gasteiger partial charge is 0.221 e. The SMILES string of the molecule is [C-]#[N+]c1c(-c2ccccc2)nc(-c2ccccc2)c(C#N)c1-c1ccc(C2(c3ccc(-n4c5ccccc5c5ccccc54)cc3)CCCCC2)cc1. The lowest BCUT2D eigenvalue weighted by Gasteiger charge is -2.39. The molecule has 1 aliphatic carbocycles. The van der Waals surface area contributed by atoms with E-state index in [1.165, 1.54) is 52.2 Å². The quantitative estimate of drug-likeness (QED) is 0.164. The molecule has 6 aromatic carbocycles. The zero-order chi connectivity index (χ0) is 35.8. The molecule has 1 fully saturated rings. The molecule has 1 aliphatic rings. The summed E-state index contributed by atoms with van der Waals surface area (Å²) in [5, 5.41) is 13.2. The molecule has 0 spiro atoms. The number of hydrogen-bond acceptors (Lipinski definition) is 2. The zero-order valence-electron chi connectivity index (χ0n) is 29.3. The molecule has 53 heavy (non-hydrogen) atoms. The lowest BCUT2D eigenvalue weighted by atomic mass is 9.65. The summed E-state index contributed by atoms with van der Waals surface area (Å²) in [4.78, 5) is 9.05. The van der Waals surface area contributed by atoms with Crippen molar-refractivity contribution < 1.29 is 0 Å². The maximum Gasteiger partial charge on any atom is 0.221 e. The minimum absolute atomic E-state index is 0.126. The van der Waals surface area contributed by atoms with Crippen molar-refractivity contribution >= 4 is 27.5 Å². The number of fused-ring (bicyclic) bond motifs is 3. The van der Waals surface area contributed by atoms with Crippen LogP contribution < -0.4 is 0 Å². The first kappa shape index (κ1) is 32.2. The first-order valence-electron chi connectivity index (χ1n) is 18.4. The van der Waals surface area contributed by atoms with E-state index in [1.807, 2.05) is 60.7 Å². The Morgan fingerprint density at radius 1 is 0.566 bits per heavy atom. The summed E-state index contributed by atoms with van der Waals surface area (Å²) in [6.07, 6.45) is 5.72. The fraction of sp³-hybridized carbons (Fsp3) is 0.122. The van der Waals surface area contributed by atoms with Gasteiger partial charge in [0, 0.05) is 33.0 Å². The fourth-order valence-electron chi connectivity index (χ4n) is 8.66. The molecule has 1 saturated carbocycles. The molecule has 0 radical (unpaired) electrons. The number of nitrogens with zero attached hydrogens (tertiary/aromatic N) is 4. The average Bonchev–Trinajstić information content (AvgIpc) is 3.58. The lowest BCUT2D eigenvalue weighted by Crippen LogP contribution is -2.30. The third kappa shape index (κ3) is 5.40. The second-order valence-electron chi connectivity index (χ2n) is 14.0. The van der Waals surface area contributed by atoms with Gasteiger partial charge in [-0.1, -0.05) is 153 Å². The average molecular weight is 681 g/mol. The van der Waals surface area contributed by atoms with Gasteiger partial charge in [-0.05, 0) is 59.4 Å². The van der Waals surface area contributed by atoms with Gasteiger partial charge >= 0.3 is 0 Å². The number of para-hydroxylation sites is 2. The van der Waals surface area contributed by atoms with Gasteiger partial charge in [0.2, 0.25) is 5.69 Å². The van der Waals surface area contributed by atoms with Crippen molar-refractivity contribution in [1.82, 2.24) is 9.55 Å². The number of benzene rings is 6. The summed E-state index contributed by atoms with van der Waals surface area (Å²) in [7, 11) is 0. The Hall–Kier alpha value is -6.75. The second-order valence-corrected chi connectivity index (χ2v) is 14.0. The number of rotatable bonds is 6. The molecule has 0 bridgehead atoms. The van der Waals surface area contributed by atoms with Crippen LogP contribution in [0, 0.1) is 17.9 Å². The minimum Gasteiger partial charge on any atom is -0.309 e.